The lowest BCUT2D eigenvalue weighted by Gasteiger charge is -2.29. The summed E-state index contributed by atoms with van der Waals surface area (Å²) < 4.78 is 2.64. The second-order valence-electron chi connectivity index (χ2n) is 15.3. The van der Waals surface area contributed by atoms with Crippen molar-refractivity contribution >= 4 is 59.3 Å². The van der Waals surface area contributed by atoms with E-state index < -0.39 is 0 Å². The minimum absolute atomic E-state index is 1.09. The largest absolute Gasteiger partial charge is 0.310 e. The Balaban J connectivity index is 1.04. The molecular weight excluding hydrogens is 743 g/mol. The van der Waals surface area contributed by atoms with Crippen LogP contribution < -0.4 is 4.90 Å². The Kier molecular flexibility index (Phi) is 9.11. The van der Waals surface area contributed by atoms with Crippen LogP contribution in [0, 0.1) is 0 Å². The Morgan fingerprint density at radius 1 is 0.267 bits per heavy atom. The van der Waals surface area contributed by atoms with Crippen LogP contribution in [0.3, 0.4) is 0 Å². The average Bonchev–Trinajstić information content (AvgIpc) is 3.70. The molecule has 1 aromatic heterocycles. The molecule has 2 heteroatoms. The fourth-order valence-corrected chi connectivity index (χ4v) is 9.89. The van der Waals surface area contributed by atoms with Crippen LogP contribution in [0.15, 0.2) is 237 Å². The average molecular weight is 782 g/mol. The van der Waals surface area contributed by atoms with Crippen LogP contribution in [0.25, 0.3) is 86.6 Å². The van der Waals surface area contributed by atoms with E-state index in [9.17, 15) is 0 Å². The number of thiophene rings is 1. The molecule has 0 unspecified atom stereocenters. The first-order valence-electron chi connectivity index (χ1n) is 20.5. The SMILES string of the molecule is c1ccc(-c2ccccc2-c2ccccc2-c2ccccc2N(c2ccc(-c3ccc4ccccc4c3)cc2)c2ccc(-c3ccc4c(c3)sc3ccccc34)cc2)cc1. The van der Waals surface area contributed by atoms with E-state index in [0.29, 0.717) is 0 Å². The molecule has 282 valence electrons. The van der Waals surface area contributed by atoms with E-state index in [4.69, 9.17) is 0 Å². The van der Waals surface area contributed by atoms with Gasteiger partial charge in [-0.15, -0.1) is 11.3 Å². The van der Waals surface area contributed by atoms with Crippen molar-refractivity contribution in [3.05, 3.63) is 237 Å². The van der Waals surface area contributed by atoms with E-state index in [0.717, 1.165) is 22.6 Å². The molecule has 0 atom stereocenters. The molecule has 0 aliphatic heterocycles. The molecule has 0 radical (unpaired) electrons. The molecule has 0 bridgehead atoms. The lowest BCUT2D eigenvalue weighted by atomic mass is 9.88. The van der Waals surface area contributed by atoms with Crippen LogP contribution in [-0.4, -0.2) is 0 Å². The summed E-state index contributed by atoms with van der Waals surface area (Å²) in [6.45, 7) is 0. The summed E-state index contributed by atoms with van der Waals surface area (Å²) in [7, 11) is 0. The maximum atomic E-state index is 2.42. The van der Waals surface area contributed by atoms with Gasteiger partial charge in [-0.05, 0) is 109 Å². The minimum atomic E-state index is 1.09. The highest BCUT2D eigenvalue weighted by Crippen LogP contribution is 2.46. The van der Waals surface area contributed by atoms with Crippen molar-refractivity contribution in [2.45, 2.75) is 0 Å². The van der Waals surface area contributed by atoms with Gasteiger partial charge in [-0.25, -0.2) is 0 Å². The maximum Gasteiger partial charge on any atom is 0.0540 e. The molecule has 0 saturated heterocycles. The summed E-state index contributed by atoms with van der Waals surface area (Å²) in [6.07, 6.45) is 0. The van der Waals surface area contributed by atoms with Gasteiger partial charge in [0.15, 0.2) is 0 Å². The van der Waals surface area contributed by atoms with Gasteiger partial charge in [-0.3, -0.25) is 0 Å². The van der Waals surface area contributed by atoms with Gasteiger partial charge in [-0.1, -0.05) is 188 Å². The molecule has 0 amide bonds. The van der Waals surface area contributed by atoms with Gasteiger partial charge in [0.1, 0.15) is 0 Å². The number of anilines is 3. The lowest BCUT2D eigenvalue weighted by molar-refractivity contribution is 1.28. The van der Waals surface area contributed by atoms with E-state index in [1.807, 2.05) is 11.3 Å². The molecular formula is C58H39NS. The number of rotatable bonds is 8. The number of benzene rings is 10. The Morgan fingerprint density at radius 3 is 1.47 bits per heavy atom. The fraction of sp³-hybridized carbons (Fsp3) is 0. The van der Waals surface area contributed by atoms with E-state index in [-0.39, 0.29) is 0 Å². The van der Waals surface area contributed by atoms with Crippen LogP contribution in [0.4, 0.5) is 17.1 Å². The standard InChI is InChI=1S/C58H39NS/c1-2-15-43(16-3-1)49-18-6-7-19-50(49)51-20-8-9-21-52(51)53-22-10-12-24-56(53)59(47-33-28-41(29-34-47)45-27-26-40-14-4-5-17-44(40)38-45)48-35-30-42(31-36-48)46-32-37-55-54-23-11-13-25-57(54)60-58(55)39-46/h1-39H. The predicted octanol–water partition coefficient (Wildman–Crippen LogP) is 17.0. The third-order valence-electron chi connectivity index (χ3n) is 11.7. The van der Waals surface area contributed by atoms with Crippen LogP contribution in [-0.2, 0) is 0 Å². The fourth-order valence-electron chi connectivity index (χ4n) is 8.74. The first-order chi connectivity index (χ1) is 29.7. The number of fused-ring (bicyclic) bond motifs is 4. The monoisotopic (exact) mass is 781 g/mol. The molecule has 0 N–H and O–H groups in total. The van der Waals surface area contributed by atoms with Gasteiger partial charge in [0.25, 0.3) is 0 Å². The zero-order valence-electron chi connectivity index (χ0n) is 32.9. The van der Waals surface area contributed by atoms with Crippen molar-refractivity contribution in [3.8, 4) is 55.6 Å². The summed E-state index contributed by atoms with van der Waals surface area (Å²) in [6, 6.07) is 86.2. The van der Waals surface area contributed by atoms with Gasteiger partial charge >= 0.3 is 0 Å². The van der Waals surface area contributed by atoms with Crippen molar-refractivity contribution < 1.29 is 0 Å². The van der Waals surface area contributed by atoms with E-state index in [2.05, 4.69) is 241 Å². The van der Waals surface area contributed by atoms with E-state index in [1.54, 1.807) is 0 Å². The highest BCUT2D eigenvalue weighted by Gasteiger charge is 2.20. The zero-order valence-corrected chi connectivity index (χ0v) is 33.7. The normalized spacial score (nSPS) is 11.3. The van der Waals surface area contributed by atoms with Gasteiger partial charge in [0.05, 0.1) is 5.69 Å². The Labute approximate surface area is 354 Å². The van der Waals surface area contributed by atoms with Crippen LogP contribution in [0.5, 0.6) is 0 Å². The molecule has 0 aliphatic carbocycles. The number of para-hydroxylation sites is 1. The molecule has 0 fully saturated rings. The number of hydrogen-bond acceptors (Lipinski definition) is 2. The summed E-state index contributed by atoms with van der Waals surface area (Å²) in [4.78, 5) is 2.42. The van der Waals surface area contributed by atoms with Gasteiger partial charge in [0, 0.05) is 37.1 Å². The first-order valence-corrected chi connectivity index (χ1v) is 21.3. The molecule has 0 spiro atoms. The summed E-state index contributed by atoms with van der Waals surface area (Å²) in [5.74, 6) is 0. The summed E-state index contributed by atoms with van der Waals surface area (Å²) in [5.41, 5.74) is 15.3. The van der Waals surface area contributed by atoms with Crippen molar-refractivity contribution in [3.63, 3.8) is 0 Å². The van der Waals surface area contributed by atoms with Gasteiger partial charge in [0.2, 0.25) is 0 Å². The number of nitrogens with zero attached hydrogens (tertiary/aromatic N) is 1. The Morgan fingerprint density at radius 2 is 0.750 bits per heavy atom. The third-order valence-corrected chi connectivity index (χ3v) is 12.8. The van der Waals surface area contributed by atoms with E-state index in [1.165, 1.54) is 81.0 Å². The predicted molar refractivity (Wildman–Crippen MR) is 259 cm³/mol. The van der Waals surface area contributed by atoms with Crippen molar-refractivity contribution in [1.82, 2.24) is 0 Å². The van der Waals surface area contributed by atoms with E-state index >= 15 is 0 Å². The Bertz CT molecular complexity index is 3310. The highest BCUT2D eigenvalue weighted by atomic mass is 32.1. The summed E-state index contributed by atoms with van der Waals surface area (Å²) >= 11 is 1.86. The second kappa shape index (κ2) is 15.3. The zero-order chi connectivity index (χ0) is 39.8. The molecule has 1 nitrogen and oxygen atoms in total. The van der Waals surface area contributed by atoms with Crippen LogP contribution in [0.1, 0.15) is 0 Å². The van der Waals surface area contributed by atoms with Crippen molar-refractivity contribution in [2.75, 3.05) is 4.90 Å². The van der Waals surface area contributed by atoms with Gasteiger partial charge < -0.3 is 4.90 Å². The molecule has 0 saturated carbocycles. The highest BCUT2D eigenvalue weighted by molar-refractivity contribution is 7.25. The lowest BCUT2D eigenvalue weighted by Crippen LogP contribution is -2.11. The quantitative estimate of drug-likeness (QED) is 0.148. The minimum Gasteiger partial charge on any atom is -0.310 e. The molecule has 11 aromatic rings. The first kappa shape index (κ1) is 35.6. The smallest absolute Gasteiger partial charge is 0.0540 e. The topological polar surface area (TPSA) is 3.24 Å². The summed E-state index contributed by atoms with van der Waals surface area (Å²) in [5, 5.41) is 5.14. The van der Waals surface area contributed by atoms with Crippen LogP contribution >= 0.6 is 11.3 Å². The number of hydrogen-bond donors (Lipinski definition) is 0. The second-order valence-corrected chi connectivity index (χ2v) is 16.4. The van der Waals surface area contributed by atoms with Crippen LogP contribution in [0.2, 0.25) is 0 Å². The third kappa shape index (κ3) is 6.54. The molecule has 11 rings (SSSR count). The molecule has 1 heterocycles. The Hall–Kier alpha value is -7.52. The molecule has 60 heavy (non-hydrogen) atoms. The van der Waals surface area contributed by atoms with Crippen molar-refractivity contribution in [1.29, 1.82) is 0 Å². The molecule has 10 aromatic carbocycles. The van der Waals surface area contributed by atoms with Gasteiger partial charge in [-0.2, -0.15) is 0 Å². The molecule has 0 aliphatic rings. The van der Waals surface area contributed by atoms with Crippen molar-refractivity contribution in [2.24, 2.45) is 0 Å². The maximum absolute atomic E-state index is 2.42.